The van der Waals surface area contributed by atoms with E-state index in [0.29, 0.717) is 5.41 Å². The van der Waals surface area contributed by atoms with Crippen LogP contribution in [0.1, 0.15) is 31.1 Å². The van der Waals surface area contributed by atoms with Crippen LogP contribution >= 0.6 is 27.3 Å². The zero-order valence-corrected chi connectivity index (χ0v) is 10.9. The molecule has 0 atom stereocenters. The fourth-order valence-corrected chi connectivity index (χ4v) is 3.18. The lowest BCUT2D eigenvalue weighted by Crippen LogP contribution is -2.22. The van der Waals surface area contributed by atoms with Crippen LogP contribution in [0.3, 0.4) is 0 Å². The van der Waals surface area contributed by atoms with Gasteiger partial charge in [-0.2, -0.15) is 0 Å². The number of hydrogen-bond donors (Lipinski definition) is 1. The van der Waals surface area contributed by atoms with Gasteiger partial charge in [-0.3, -0.25) is 0 Å². The summed E-state index contributed by atoms with van der Waals surface area (Å²) in [5.41, 5.74) is 0.661. The number of rotatable bonds is 5. The van der Waals surface area contributed by atoms with Crippen molar-refractivity contribution in [3.05, 3.63) is 20.8 Å². The van der Waals surface area contributed by atoms with E-state index in [0.717, 1.165) is 6.54 Å². The van der Waals surface area contributed by atoms with Crippen molar-refractivity contribution in [3.63, 3.8) is 0 Å². The van der Waals surface area contributed by atoms with E-state index in [-0.39, 0.29) is 0 Å². The minimum absolute atomic E-state index is 0.661. The molecule has 0 saturated heterocycles. The minimum atomic E-state index is 0.661. The molecule has 1 heterocycles. The molecule has 1 fully saturated rings. The molecule has 1 aliphatic carbocycles. The molecule has 1 aromatic rings. The number of thiophene rings is 1. The Bertz CT molecular complexity index is 304. The van der Waals surface area contributed by atoms with E-state index < -0.39 is 0 Å². The molecule has 1 nitrogen and oxygen atoms in total. The molecule has 0 radical (unpaired) electrons. The first kappa shape index (κ1) is 10.7. The van der Waals surface area contributed by atoms with Crippen molar-refractivity contribution in [2.24, 2.45) is 5.41 Å². The molecule has 0 aliphatic heterocycles. The molecule has 1 saturated carbocycles. The van der Waals surface area contributed by atoms with Gasteiger partial charge in [-0.15, -0.1) is 11.3 Å². The molecule has 1 N–H and O–H groups in total. The fourth-order valence-electron chi connectivity index (χ4n) is 1.73. The molecule has 14 heavy (non-hydrogen) atoms. The van der Waals surface area contributed by atoms with Gasteiger partial charge in [0, 0.05) is 18.0 Å². The van der Waals surface area contributed by atoms with E-state index in [2.05, 4.69) is 40.3 Å². The Morgan fingerprint density at radius 1 is 1.50 bits per heavy atom. The zero-order valence-electron chi connectivity index (χ0n) is 8.48. The Morgan fingerprint density at radius 2 is 2.29 bits per heavy atom. The Balaban J connectivity index is 1.73. The van der Waals surface area contributed by atoms with Crippen LogP contribution in [0.2, 0.25) is 0 Å². The summed E-state index contributed by atoms with van der Waals surface area (Å²) >= 11 is 5.30. The SMILES string of the molecule is CCC1(CNCc2ccc(Br)s2)CC1. The average molecular weight is 274 g/mol. The maximum atomic E-state index is 3.56. The van der Waals surface area contributed by atoms with E-state index in [1.807, 2.05) is 11.3 Å². The van der Waals surface area contributed by atoms with Gasteiger partial charge < -0.3 is 5.32 Å². The second-order valence-corrected chi connectivity index (χ2v) is 6.71. The standard InChI is InChI=1S/C11H16BrNS/c1-2-11(5-6-11)8-13-7-9-3-4-10(12)14-9/h3-4,13H,2,5-8H2,1H3. The summed E-state index contributed by atoms with van der Waals surface area (Å²) in [6.45, 7) is 4.52. The van der Waals surface area contributed by atoms with Gasteiger partial charge in [0.2, 0.25) is 0 Å². The number of halogens is 1. The van der Waals surface area contributed by atoms with Crippen LogP contribution in [0.4, 0.5) is 0 Å². The summed E-state index contributed by atoms with van der Waals surface area (Å²) in [5.74, 6) is 0. The summed E-state index contributed by atoms with van der Waals surface area (Å²) in [7, 11) is 0. The van der Waals surface area contributed by atoms with Crippen LogP contribution in [0.15, 0.2) is 15.9 Å². The average Bonchev–Trinajstić information content (AvgIpc) is 2.84. The number of nitrogens with one attached hydrogen (secondary N) is 1. The summed E-state index contributed by atoms with van der Waals surface area (Å²) in [4.78, 5) is 1.42. The molecule has 0 bridgehead atoms. The molecule has 3 heteroatoms. The second kappa shape index (κ2) is 4.33. The van der Waals surface area contributed by atoms with Crippen molar-refractivity contribution in [2.45, 2.75) is 32.7 Å². The van der Waals surface area contributed by atoms with Crippen LogP contribution in [0.5, 0.6) is 0 Å². The maximum Gasteiger partial charge on any atom is 0.0701 e. The quantitative estimate of drug-likeness (QED) is 0.861. The van der Waals surface area contributed by atoms with Crippen LogP contribution in [-0.4, -0.2) is 6.54 Å². The van der Waals surface area contributed by atoms with Gasteiger partial charge in [0.1, 0.15) is 0 Å². The normalized spacial score (nSPS) is 18.4. The molecule has 1 aliphatic rings. The molecular formula is C11H16BrNS. The monoisotopic (exact) mass is 273 g/mol. The van der Waals surface area contributed by atoms with E-state index in [1.165, 1.54) is 34.5 Å². The topological polar surface area (TPSA) is 12.0 Å². The third kappa shape index (κ3) is 2.59. The van der Waals surface area contributed by atoms with E-state index >= 15 is 0 Å². The molecule has 78 valence electrons. The zero-order chi connectivity index (χ0) is 10.0. The maximum absolute atomic E-state index is 3.56. The lowest BCUT2D eigenvalue weighted by atomic mass is 10.0. The summed E-state index contributed by atoms with van der Waals surface area (Å²) < 4.78 is 1.23. The first-order valence-corrected chi connectivity index (χ1v) is 6.80. The highest BCUT2D eigenvalue weighted by Crippen LogP contribution is 2.47. The Hall–Kier alpha value is 0.140. The van der Waals surface area contributed by atoms with E-state index in [4.69, 9.17) is 0 Å². The predicted octanol–water partition coefficient (Wildman–Crippen LogP) is 3.79. The first-order valence-electron chi connectivity index (χ1n) is 5.19. The smallest absolute Gasteiger partial charge is 0.0701 e. The van der Waals surface area contributed by atoms with Gasteiger partial charge in [-0.05, 0) is 52.7 Å². The number of hydrogen-bond acceptors (Lipinski definition) is 2. The molecule has 2 rings (SSSR count). The lowest BCUT2D eigenvalue weighted by Gasteiger charge is -2.12. The molecule has 0 spiro atoms. The van der Waals surface area contributed by atoms with Crippen LogP contribution in [0, 0.1) is 5.41 Å². The van der Waals surface area contributed by atoms with Gasteiger partial charge in [0.05, 0.1) is 3.79 Å². The second-order valence-electron chi connectivity index (χ2n) is 4.16. The van der Waals surface area contributed by atoms with Gasteiger partial charge in [0.15, 0.2) is 0 Å². The summed E-state index contributed by atoms with van der Waals surface area (Å²) in [5, 5.41) is 3.56. The molecule has 0 unspecified atom stereocenters. The van der Waals surface area contributed by atoms with Gasteiger partial charge in [0.25, 0.3) is 0 Å². The fraction of sp³-hybridized carbons (Fsp3) is 0.636. The Labute approximate surface area is 98.0 Å². The highest BCUT2D eigenvalue weighted by atomic mass is 79.9. The largest absolute Gasteiger partial charge is 0.311 e. The van der Waals surface area contributed by atoms with Gasteiger partial charge in [-0.25, -0.2) is 0 Å². The molecule has 1 aromatic heterocycles. The summed E-state index contributed by atoms with van der Waals surface area (Å²) in [6, 6.07) is 4.31. The third-order valence-corrected chi connectivity index (χ3v) is 4.76. The third-order valence-electron chi connectivity index (χ3n) is 3.14. The Kier molecular flexibility index (Phi) is 3.30. The van der Waals surface area contributed by atoms with E-state index in [1.54, 1.807) is 0 Å². The first-order chi connectivity index (χ1) is 6.74. The molecular weight excluding hydrogens is 258 g/mol. The molecule has 0 amide bonds. The van der Waals surface area contributed by atoms with Crippen LogP contribution in [0.25, 0.3) is 0 Å². The van der Waals surface area contributed by atoms with Crippen LogP contribution in [-0.2, 0) is 6.54 Å². The van der Waals surface area contributed by atoms with Crippen molar-refractivity contribution >= 4 is 27.3 Å². The van der Waals surface area contributed by atoms with Gasteiger partial charge in [-0.1, -0.05) is 6.92 Å². The Morgan fingerprint density at radius 3 is 2.79 bits per heavy atom. The highest BCUT2D eigenvalue weighted by molar-refractivity contribution is 9.11. The van der Waals surface area contributed by atoms with Crippen molar-refractivity contribution in [3.8, 4) is 0 Å². The van der Waals surface area contributed by atoms with Gasteiger partial charge >= 0.3 is 0 Å². The highest BCUT2D eigenvalue weighted by Gasteiger charge is 2.39. The summed E-state index contributed by atoms with van der Waals surface area (Å²) in [6.07, 6.45) is 4.17. The van der Waals surface area contributed by atoms with E-state index in [9.17, 15) is 0 Å². The van der Waals surface area contributed by atoms with Crippen molar-refractivity contribution < 1.29 is 0 Å². The van der Waals surface area contributed by atoms with Crippen molar-refractivity contribution in [1.29, 1.82) is 0 Å². The molecule has 0 aromatic carbocycles. The van der Waals surface area contributed by atoms with Crippen LogP contribution < -0.4 is 5.32 Å². The van der Waals surface area contributed by atoms with Crippen molar-refractivity contribution in [1.82, 2.24) is 5.32 Å². The lowest BCUT2D eigenvalue weighted by molar-refractivity contribution is 0.444. The predicted molar refractivity (Wildman–Crippen MR) is 65.7 cm³/mol. The minimum Gasteiger partial charge on any atom is -0.311 e. The van der Waals surface area contributed by atoms with Crippen molar-refractivity contribution in [2.75, 3.05) is 6.54 Å².